The molecule has 1 aliphatic heterocycles. The molecule has 1 unspecified atom stereocenters. The second kappa shape index (κ2) is 4.95. The molecule has 0 spiro atoms. The van der Waals surface area contributed by atoms with Crippen molar-refractivity contribution in [2.45, 2.75) is 6.10 Å². The molecule has 0 bridgehead atoms. The van der Waals surface area contributed by atoms with Gasteiger partial charge >= 0.3 is 6.09 Å². The first kappa shape index (κ1) is 11.6. The topological polar surface area (TPSA) is 48.0 Å². The van der Waals surface area contributed by atoms with Crippen LogP contribution in [0, 0.1) is 0 Å². The van der Waals surface area contributed by atoms with Gasteiger partial charge in [0.05, 0.1) is 13.7 Å². The lowest BCUT2D eigenvalue weighted by Gasteiger charge is -2.10. The summed E-state index contributed by atoms with van der Waals surface area (Å²) in [6.07, 6.45) is -0.497. The van der Waals surface area contributed by atoms with Crippen LogP contribution < -0.4 is 9.47 Å². The number of amides is 1. The minimum Gasteiger partial charge on any atom is -0.497 e. The van der Waals surface area contributed by atoms with Gasteiger partial charge in [-0.3, -0.25) is 0 Å². The van der Waals surface area contributed by atoms with Crippen molar-refractivity contribution in [3.8, 4) is 11.5 Å². The average Bonchev–Trinajstić information content (AvgIpc) is 2.67. The van der Waals surface area contributed by atoms with E-state index >= 15 is 0 Å². The maximum absolute atomic E-state index is 11.1. The lowest BCUT2D eigenvalue weighted by Crippen LogP contribution is -2.23. The molecular formula is C12H15NO4. The van der Waals surface area contributed by atoms with E-state index in [1.807, 2.05) is 24.3 Å². The lowest BCUT2D eigenvalue weighted by atomic mass is 10.3. The number of nitrogens with zero attached hydrogens (tertiary/aromatic N) is 1. The minimum absolute atomic E-state index is 0.199. The van der Waals surface area contributed by atoms with Crippen molar-refractivity contribution in [1.29, 1.82) is 0 Å². The summed E-state index contributed by atoms with van der Waals surface area (Å²) < 4.78 is 15.6. The largest absolute Gasteiger partial charge is 0.497 e. The highest BCUT2D eigenvalue weighted by Crippen LogP contribution is 2.18. The van der Waals surface area contributed by atoms with Crippen LogP contribution >= 0.6 is 0 Å². The smallest absolute Gasteiger partial charge is 0.410 e. The van der Waals surface area contributed by atoms with Crippen molar-refractivity contribution in [1.82, 2.24) is 4.90 Å². The van der Waals surface area contributed by atoms with Crippen molar-refractivity contribution in [2.75, 3.05) is 27.3 Å². The van der Waals surface area contributed by atoms with Gasteiger partial charge in [-0.1, -0.05) is 0 Å². The van der Waals surface area contributed by atoms with Crippen LogP contribution in [0.4, 0.5) is 4.79 Å². The molecule has 1 atom stereocenters. The van der Waals surface area contributed by atoms with Gasteiger partial charge in [0, 0.05) is 7.05 Å². The van der Waals surface area contributed by atoms with Gasteiger partial charge in [0.25, 0.3) is 0 Å². The van der Waals surface area contributed by atoms with Crippen LogP contribution in [0.15, 0.2) is 24.3 Å². The molecule has 0 N–H and O–H groups in total. The number of ether oxygens (including phenoxy) is 3. The van der Waals surface area contributed by atoms with Crippen LogP contribution in [-0.4, -0.2) is 44.4 Å². The van der Waals surface area contributed by atoms with Gasteiger partial charge in [-0.25, -0.2) is 4.79 Å². The van der Waals surface area contributed by atoms with E-state index in [0.29, 0.717) is 13.2 Å². The highest BCUT2D eigenvalue weighted by atomic mass is 16.6. The van der Waals surface area contributed by atoms with Gasteiger partial charge in [-0.2, -0.15) is 0 Å². The number of carbonyl (C=O) groups is 1. The Labute approximate surface area is 99.9 Å². The molecule has 1 aromatic rings. The van der Waals surface area contributed by atoms with E-state index in [1.54, 1.807) is 14.2 Å². The van der Waals surface area contributed by atoms with Crippen LogP contribution in [-0.2, 0) is 4.74 Å². The Kier molecular flexibility index (Phi) is 3.37. The maximum atomic E-state index is 11.1. The fraction of sp³-hybridized carbons (Fsp3) is 0.417. The van der Waals surface area contributed by atoms with Gasteiger partial charge in [-0.15, -0.1) is 0 Å². The van der Waals surface area contributed by atoms with Crippen molar-refractivity contribution in [3.05, 3.63) is 24.3 Å². The molecule has 17 heavy (non-hydrogen) atoms. The maximum Gasteiger partial charge on any atom is 0.410 e. The van der Waals surface area contributed by atoms with Crippen LogP contribution in [0.3, 0.4) is 0 Å². The number of benzene rings is 1. The van der Waals surface area contributed by atoms with Gasteiger partial charge in [0.1, 0.15) is 18.1 Å². The number of rotatable bonds is 4. The summed E-state index contributed by atoms with van der Waals surface area (Å²) in [4.78, 5) is 12.6. The predicted molar refractivity (Wildman–Crippen MR) is 61.4 cm³/mol. The highest BCUT2D eigenvalue weighted by Gasteiger charge is 2.28. The van der Waals surface area contributed by atoms with E-state index in [4.69, 9.17) is 14.2 Å². The number of cyclic esters (lactones) is 1. The summed E-state index contributed by atoms with van der Waals surface area (Å²) in [5, 5.41) is 0. The Morgan fingerprint density at radius 2 is 2.00 bits per heavy atom. The summed E-state index contributed by atoms with van der Waals surface area (Å²) in [6.45, 7) is 0.928. The monoisotopic (exact) mass is 237 g/mol. The van der Waals surface area contributed by atoms with E-state index < -0.39 is 0 Å². The van der Waals surface area contributed by atoms with E-state index in [-0.39, 0.29) is 12.2 Å². The molecular weight excluding hydrogens is 222 g/mol. The summed E-state index contributed by atoms with van der Waals surface area (Å²) in [5.74, 6) is 1.51. The number of likely N-dealkylation sites (N-methyl/N-ethyl adjacent to an activating group) is 1. The molecule has 1 amide bonds. The number of hydrogen-bond donors (Lipinski definition) is 0. The van der Waals surface area contributed by atoms with Crippen LogP contribution in [0.2, 0.25) is 0 Å². The SMILES string of the molecule is COc1ccc(OCC2CN(C)C(=O)O2)cc1. The van der Waals surface area contributed by atoms with Gasteiger partial charge in [0.2, 0.25) is 0 Å². The fourth-order valence-electron chi connectivity index (χ4n) is 1.60. The van der Waals surface area contributed by atoms with E-state index in [9.17, 15) is 4.79 Å². The van der Waals surface area contributed by atoms with Crippen molar-refractivity contribution in [3.63, 3.8) is 0 Å². The molecule has 0 aromatic heterocycles. The Bertz CT molecular complexity index is 390. The molecule has 1 aliphatic rings. The first-order valence-corrected chi connectivity index (χ1v) is 5.37. The van der Waals surface area contributed by atoms with Crippen molar-refractivity contribution < 1.29 is 19.0 Å². The average molecular weight is 237 g/mol. The van der Waals surface area contributed by atoms with Gasteiger partial charge < -0.3 is 19.1 Å². The second-order valence-electron chi connectivity index (χ2n) is 3.87. The molecule has 1 heterocycles. The number of hydrogen-bond acceptors (Lipinski definition) is 4. The summed E-state index contributed by atoms with van der Waals surface area (Å²) in [5.41, 5.74) is 0. The van der Waals surface area contributed by atoms with Crippen LogP contribution in [0.5, 0.6) is 11.5 Å². The summed E-state index contributed by atoms with van der Waals surface area (Å²) >= 11 is 0. The molecule has 0 aliphatic carbocycles. The van der Waals surface area contributed by atoms with E-state index in [0.717, 1.165) is 11.5 Å². The minimum atomic E-state index is -0.298. The quantitative estimate of drug-likeness (QED) is 0.796. The zero-order valence-electron chi connectivity index (χ0n) is 9.88. The molecule has 1 aromatic carbocycles. The Balaban J connectivity index is 1.83. The number of carbonyl (C=O) groups excluding carboxylic acids is 1. The predicted octanol–water partition coefficient (Wildman–Crippen LogP) is 1.52. The first-order chi connectivity index (χ1) is 8.19. The molecule has 5 heteroatoms. The number of methoxy groups -OCH3 is 1. The van der Waals surface area contributed by atoms with E-state index in [2.05, 4.69) is 0 Å². The Morgan fingerprint density at radius 3 is 2.53 bits per heavy atom. The molecule has 1 saturated heterocycles. The van der Waals surface area contributed by atoms with Gasteiger partial charge in [-0.05, 0) is 24.3 Å². The summed E-state index contributed by atoms with van der Waals surface area (Å²) in [6, 6.07) is 7.28. The highest BCUT2D eigenvalue weighted by molar-refractivity contribution is 5.69. The molecule has 0 saturated carbocycles. The van der Waals surface area contributed by atoms with Crippen LogP contribution in [0.25, 0.3) is 0 Å². The zero-order valence-corrected chi connectivity index (χ0v) is 9.88. The standard InChI is InChI=1S/C12H15NO4/c1-13-7-11(17-12(13)14)8-16-10-5-3-9(15-2)4-6-10/h3-6,11H,7-8H2,1-2H3. The first-order valence-electron chi connectivity index (χ1n) is 5.37. The Morgan fingerprint density at radius 1 is 1.35 bits per heavy atom. The summed E-state index contributed by atoms with van der Waals surface area (Å²) in [7, 11) is 3.32. The second-order valence-corrected chi connectivity index (χ2v) is 3.87. The lowest BCUT2D eigenvalue weighted by molar-refractivity contribution is 0.103. The third-order valence-electron chi connectivity index (χ3n) is 2.55. The normalized spacial score (nSPS) is 19.1. The molecule has 0 radical (unpaired) electrons. The van der Waals surface area contributed by atoms with Gasteiger partial charge in [0.15, 0.2) is 6.10 Å². The Hall–Kier alpha value is -1.91. The third kappa shape index (κ3) is 2.81. The molecule has 2 rings (SSSR count). The fourth-order valence-corrected chi connectivity index (χ4v) is 1.60. The van der Waals surface area contributed by atoms with Crippen molar-refractivity contribution in [2.24, 2.45) is 0 Å². The molecule has 92 valence electrons. The van der Waals surface area contributed by atoms with Crippen molar-refractivity contribution >= 4 is 6.09 Å². The zero-order chi connectivity index (χ0) is 12.3. The third-order valence-corrected chi connectivity index (χ3v) is 2.55. The molecule has 5 nitrogen and oxygen atoms in total. The van der Waals surface area contributed by atoms with Crippen LogP contribution in [0.1, 0.15) is 0 Å². The molecule has 1 fully saturated rings. The van der Waals surface area contributed by atoms with E-state index in [1.165, 1.54) is 4.90 Å².